The van der Waals surface area contributed by atoms with Crippen molar-refractivity contribution < 1.29 is 0 Å². The summed E-state index contributed by atoms with van der Waals surface area (Å²) in [6, 6.07) is 6.65. The highest BCUT2D eigenvalue weighted by molar-refractivity contribution is 5.35. The van der Waals surface area contributed by atoms with Gasteiger partial charge in [0, 0.05) is 0 Å². The van der Waals surface area contributed by atoms with Crippen LogP contribution in [0, 0.1) is 13.8 Å². The second kappa shape index (κ2) is 5.75. The highest BCUT2D eigenvalue weighted by Crippen LogP contribution is 2.28. The van der Waals surface area contributed by atoms with Gasteiger partial charge in [-0.1, -0.05) is 37.3 Å². The molecule has 82 valence electrons. The largest absolute Gasteiger partial charge is 0.0916 e. The van der Waals surface area contributed by atoms with Crippen molar-refractivity contribution in [3.63, 3.8) is 0 Å². The van der Waals surface area contributed by atoms with Gasteiger partial charge in [-0.2, -0.15) is 0 Å². The van der Waals surface area contributed by atoms with E-state index in [-0.39, 0.29) is 0 Å². The maximum atomic E-state index is 2.28. The van der Waals surface area contributed by atoms with Crippen molar-refractivity contribution in [3.05, 3.63) is 47.0 Å². The van der Waals surface area contributed by atoms with Gasteiger partial charge in [0.05, 0.1) is 0 Å². The van der Waals surface area contributed by atoms with Crippen LogP contribution >= 0.6 is 0 Å². The van der Waals surface area contributed by atoms with Crippen LogP contribution in [-0.4, -0.2) is 0 Å². The summed E-state index contributed by atoms with van der Waals surface area (Å²) in [5, 5.41) is 0. The third-order valence-corrected chi connectivity index (χ3v) is 3.24. The summed E-state index contributed by atoms with van der Waals surface area (Å²) in [6.07, 6.45) is 6.80. The first-order valence-corrected chi connectivity index (χ1v) is 5.88. The molecule has 1 rings (SSSR count). The van der Waals surface area contributed by atoms with Crippen LogP contribution in [0.2, 0.25) is 0 Å². The maximum absolute atomic E-state index is 2.28. The second-order valence-corrected chi connectivity index (χ2v) is 4.20. The fourth-order valence-corrected chi connectivity index (χ4v) is 2.03. The molecule has 0 nitrogen and oxygen atoms in total. The molecule has 0 aliphatic heterocycles. The number of hydrogen-bond acceptors (Lipinski definition) is 0. The second-order valence-electron chi connectivity index (χ2n) is 4.20. The van der Waals surface area contributed by atoms with Gasteiger partial charge in [0.1, 0.15) is 0 Å². The molecule has 0 aliphatic carbocycles. The molecule has 1 aromatic rings. The average Bonchev–Trinajstić information content (AvgIpc) is 2.25. The lowest BCUT2D eigenvalue weighted by Crippen LogP contribution is -2.00. The molecule has 0 fully saturated rings. The van der Waals surface area contributed by atoms with Gasteiger partial charge < -0.3 is 0 Å². The lowest BCUT2D eigenvalue weighted by atomic mass is 9.88. The molecule has 0 aromatic heterocycles. The first-order chi connectivity index (χ1) is 7.20. The number of rotatable bonds is 4. The van der Waals surface area contributed by atoms with E-state index in [1.54, 1.807) is 0 Å². The van der Waals surface area contributed by atoms with Crippen LogP contribution in [-0.2, 0) is 0 Å². The molecule has 1 aromatic carbocycles. The summed E-state index contributed by atoms with van der Waals surface area (Å²) in [5.74, 6) is 0.682. The summed E-state index contributed by atoms with van der Waals surface area (Å²) >= 11 is 0. The third-order valence-electron chi connectivity index (χ3n) is 3.24. The summed E-state index contributed by atoms with van der Waals surface area (Å²) < 4.78 is 0. The van der Waals surface area contributed by atoms with Crippen LogP contribution < -0.4 is 0 Å². The topological polar surface area (TPSA) is 0 Å². The predicted molar refractivity (Wildman–Crippen MR) is 68.4 cm³/mol. The fraction of sp³-hybridized carbons (Fsp3) is 0.467. The Morgan fingerprint density at radius 3 is 2.60 bits per heavy atom. The van der Waals surface area contributed by atoms with Gasteiger partial charge in [-0.25, -0.2) is 0 Å². The van der Waals surface area contributed by atoms with Crippen LogP contribution in [0.4, 0.5) is 0 Å². The smallest absolute Gasteiger partial charge is 0.0127 e. The quantitative estimate of drug-likeness (QED) is 0.617. The van der Waals surface area contributed by atoms with Crippen molar-refractivity contribution in [2.75, 3.05) is 0 Å². The molecule has 0 heteroatoms. The minimum atomic E-state index is 0.682. The van der Waals surface area contributed by atoms with Crippen molar-refractivity contribution in [1.82, 2.24) is 0 Å². The Bertz CT molecular complexity index is 334. The first kappa shape index (κ1) is 12.0. The van der Waals surface area contributed by atoms with E-state index in [1.807, 2.05) is 0 Å². The van der Waals surface area contributed by atoms with Crippen LogP contribution in [0.3, 0.4) is 0 Å². The van der Waals surface area contributed by atoms with E-state index in [2.05, 4.69) is 58.0 Å². The zero-order valence-corrected chi connectivity index (χ0v) is 10.4. The molecule has 1 atom stereocenters. The van der Waals surface area contributed by atoms with Gasteiger partial charge in [-0.3, -0.25) is 0 Å². The minimum Gasteiger partial charge on any atom is -0.0916 e. The normalized spacial score (nSPS) is 13.3. The molecule has 1 unspecified atom stereocenters. The maximum Gasteiger partial charge on any atom is -0.0127 e. The molecular formula is C15H22. The summed E-state index contributed by atoms with van der Waals surface area (Å²) in [4.78, 5) is 0. The van der Waals surface area contributed by atoms with Crippen LogP contribution in [0.5, 0.6) is 0 Å². The monoisotopic (exact) mass is 202 g/mol. The highest BCUT2D eigenvalue weighted by atomic mass is 14.2. The lowest BCUT2D eigenvalue weighted by molar-refractivity contribution is 0.669. The Balaban J connectivity index is 2.96. The van der Waals surface area contributed by atoms with Crippen LogP contribution in [0.15, 0.2) is 30.4 Å². The Morgan fingerprint density at radius 1 is 1.27 bits per heavy atom. The van der Waals surface area contributed by atoms with E-state index in [1.165, 1.54) is 23.1 Å². The SMILES string of the molecule is C/C=C\CC(CC)c1cccc(C)c1C. The molecule has 0 spiro atoms. The lowest BCUT2D eigenvalue weighted by Gasteiger charge is -2.17. The number of benzene rings is 1. The van der Waals surface area contributed by atoms with Gasteiger partial charge in [0.15, 0.2) is 0 Å². The van der Waals surface area contributed by atoms with E-state index in [0.29, 0.717) is 5.92 Å². The Morgan fingerprint density at radius 2 is 2.00 bits per heavy atom. The number of allylic oxidation sites excluding steroid dienone is 2. The predicted octanol–water partition coefficient (Wildman–Crippen LogP) is 4.76. The van der Waals surface area contributed by atoms with Crippen molar-refractivity contribution in [2.24, 2.45) is 0 Å². The Kier molecular flexibility index (Phi) is 4.61. The number of aryl methyl sites for hydroxylation is 1. The Labute approximate surface area is 94.0 Å². The van der Waals surface area contributed by atoms with E-state index >= 15 is 0 Å². The van der Waals surface area contributed by atoms with E-state index in [4.69, 9.17) is 0 Å². The van der Waals surface area contributed by atoms with Gasteiger partial charge in [-0.15, -0.1) is 0 Å². The average molecular weight is 202 g/mol. The van der Waals surface area contributed by atoms with Crippen molar-refractivity contribution in [2.45, 2.75) is 46.5 Å². The van der Waals surface area contributed by atoms with Gasteiger partial charge in [0.25, 0.3) is 0 Å². The molecule has 0 radical (unpaired) electrons. The molecule has 0 bridgehead atoms. The van der Waals surface area contributed by atoms with Gasteiger partial charge in [0.2, 0.25) is 0 Å². The minimum absolute atomic E-state index is 0.682. The molecule has 15 heavy (non-hydrogen) atoms. The van der Waals surface area contributed by atoms with Crippen LogP contribution in [0.25, 0.3) is 0 Å². The fourth-order valence-electron chi connectivity index (χ4n) is 2.03. The van der Waals surface area contributed by atoms with E-state index < -0.39 is 0 Å². The molecule has 0 N–H and O–H groups in total. The van der Waals surface area contributed by atoms with E-state index in [0.717, 1.165) is 6.42 Å². The van der Waals surface area contributed by atoms with Crippen LogP contribution in [0.1, 0.15) is 49.3 Å². The third kappa shape index (κ3) is 2.95. The zero-order valence-electron chi connectivity index (χ0n) is 10.4. The molecule has 0 aliphatic rings. The molecular weight excluding hydrogens is 180 g/mol. The van der Waals surface area contributed by atoms with Crippen molar-refractivity contribution >= 4 is 0 Å². The Hall–Kier alpha value is -1.04. The summed E-state index contributed by atoms with van der Waals surface area (Å²) in [6.45, 7) is 8.80. The number of hydrogen-bond donors (Lipinski definition) is 0. The first-order valence-electron chi connectivity index (χ1n) is 5.88. The molecule has 0 amide bonds. The molecule has 0 saturated carbocycles. The van der Waals surface area contributed by atoms with Gasteiger partial charge in [-0.05, 0) is 56.2 Å². The summed E-state index contributed by atoms with van der Waals surface area (Å²) in [5.41, 5.74) is 4.40. The molecule has 0 heterocycles. The highest BCUT2D eigenvalue weighted by Gasteiger charge is 2.10. The summed E-state index contributed by atoms with van der Waals surface area (Å²) in [7, 11) is 0. The van der Waals surface area contributed by atoms with Gasteiger partial charge >= 0.3 is 0 Å². The van der Waals surface area contributed by atoms with E-state index in [9.17, 15) is 0 Å². The molecule has 0 saturated heterocycles. The van der Waals surface area contributed by atoms with Crippen molar-refractivity contribution in [3.8, 4) is 0 Å². The van der Waals surface area contributed by atoms with Crippen molar-refractivity contribution in [1.29, 1.82) is 0 Å². The zero-order chi connectivity index (χ0) is 11.3. The standard InChI is InChI=1S/C15H22/c1-5-7-10-14(6-2)15-11-8-9-12(3)13(15)4/h5,7-9,11,14H,6,10H2,1-4H3/b7-5-.